The second-order valence-electron chi connectivity index (χ2n) is 8.78. The standard InChI is InChI=1S/C25H34N2O3/c1-7-22(24(29)26-25(4,5)6)27(16-20-10-8-9-19(3)15-20)23(28)17-30-21-13-11-18(2)12-14-21/h8-15,22H,7,16-17H2,1-6H3,(H,26,29). The Morgan fingerprint density at radius 2 is 1.70 bits per heavy atom. The van der Waals surface area contributed by atoms with Gasteiger partial charge in [0.15, 0.2) is 6.61 Å². The lowest BCUT2D eigenvalue weighted by atomic mass is 10.1. The average molecular weight is 411 g/mol. The quantitative estimate of drug-likeness (QED) is 0.701. The molecule has 0 saturated carbocycles. The highest BCUT2D eigenvalue weighted by Gasteiger charge is 2.30. The van der Waals surface area contributed by atoms with Gasteiger partial charge in [-0.2, -0.15) is 0 Å². The van der Waals surface area contributed by atoms with Gasteiger partial charge in [0, 0.05) is 12.1 Å². The summed E-state index contributed by atoms with van der Waals surface area (Å²) in [4.78, 5) is 27.8. The summed E-state index contributed by atoms with van der Waals surface area (Å²) < 4.78 is 5.72. The first-order valence-corrected chi connectivity index (χ1v) is 10.5. The molecule has 1 N–H and O–H groups in total. The van der Waals surface area contributed by atoms with Crippen LogP contribution >= 0.6 is 0 Å². The Balaban J connectivity index is 2.22. The lowest BCUT2D eigenvalue weighted by Gasteiger charge is -2.33. The summed E-state index contributed by atoms with van der Waals surface area (Å²) >= 11 is 0. The lowest BCUT2D eigenvalue weighted by Crippen LogP contribution is -2.54. The van der Waals surface area contributed by atoms with E-state index in [2.05, 4.69) is 5.32 Å². The first-order valence-electron chi connectivity index (χ1n) is 10.5. The van der Waals surface area contributed by atoms with Gasteiger partial charge in [-0.25, -0.2) is 0 Å². The van der Waals surface area contributed by atoms with E-state index in [0.29, 0.717) is 18.7 Å². The van der Waals surface area contributed by atoms with Crippen LogP contribution < -0.4 is 10.1 Å². The third-order valence-corrected chi connectivity index (χ3v) is 4.70. The Bertz CT molecular complexity index is 853. The summed E-state index contributed by atoms with van der Waals surface area (Å²) in [5, 5.41) is 3.01. The van der Waals surface area contributed by atoms with Crippen molar-refractivity contribution in [2.24, 2.45) is 0 Å². The predicted molar refractivity (Wildman–Crippen MR) is 120 cm³/mol. The van der Waals surface area contributed by atoms with Crippen molar-refractivity contribution in [1.82, 2.24) is 10.2 Å². The van der Waals surface area contributed by atoms with Crippen molar-refractivity contribution in [3.05, 3.63) is 65.2 Å². The van der Waals surface area contributed by atoms with Crippen LogP contribution in [0.15, 0.2) is 48.5 Å². The number of nitrogens with one attached hydrogen (secondary N) is 1. The molecular weight excluding hydrogens is 376 g/mol. The fourth-order valence-corrected chi connectivity index (χ4v) is 3.24. The third kappa shape index (κ3) is 7.21. The van der Waals surface area contributed by atoms with Crippen LogP contribution in [0.25, 0.3) is 0 Å². The van der Waals surface area contributed by atoms with Crippen molar-refractivity contribution >= 4 is 11.8 Å². The van der Waals surface area contributed by atoms with E-state index in [1.807, 2.05) is 90.1 Å². The molecule has 0 aliphatic heterocycles. The van der Waals surface area contributed by atoms with Crippen LogP contribution in [-0.2, 0) is 16.1 Å². The Hall–Kier alpha value is -2.82. The van der Waals surface area contributed by atoms with Gasteiger partial charge in [0.05, 0.1) is 0 Å². The molecule has 0 radical (unpaired) electrons. The molecule has 0 aliphatic carbocycles. The van der Waals surface area contributed by atoms with E-state index < -0.39 is 6.04 Å². The molecule has 0 spiro atoms. The molecule has 2 aromatic carbocycles. The second-order valence-corrected chi connectivity index (χ2v) is 8.78. The van der Waals surface area contributed by atoms with E-state index in [4.69, 9.17) is 4.74 Å². The first-order chi connectivity index (χ1) is 14.1. The SMILES string of the molecule is CCC(C(=O)NC(C)(C)C)N(Cc1cccc(C)c1)C(=O)COc1ccc(C)cc1. The van der Waals surface area contributed by atoms with E-state index in [1.54, 1.807) is 4.90 Å². The molecule has 0 bridgehead atoms. The van der Waals surface area contributed by atoms with Crippen LogP contribution in [0, 0.1) is 13.8 Å². The molecule has 5 heteroatoms. The number of hydrogen-bond acceptors (Lipinski definition) is 3. The second kappa shape index (κ2) is 10.3. The summed E-state index contributed by atoms with van der Waals surface area (Å²) in [7, 11) is 0. The summed E-state index contributed by atoms with van der Waals surface area (Å²) in [6.45, 7) is 12.0. The van der Waals surface area contributed by atoms with Gasteiger partial charge < -0.3 is 15.0 Å². The average Bonchev–Trinajstić information content (AvgIpc) is 2.66. The highest BCUT2D eigenvalue weighted by Crippen LogP contribution is 2.16. The summed E-state index contributed by atoms with van der Waals surface area (Å²) in [5.41, 5.74) is 2.85. The molecule has 0 saturated heterocycles. The molecule has 1 unspecified atom stereocenters. The van der Waals surface area contributed by atoms with Crippen molar-refractivity contribution < 1.29 is 14.3 Å². The van der Waals surface area contributed by atoms with Crippen LogP contribution in [0.2, 0.25) is 0 Å². The topological polar surface area (TPSA) is 58.6 Å². The number of hydrogen-bond donors (Lipinski definition) is 1. The maximum Gasteiger partial charge on any atom is 0.261 e. The van der Waals surface area contributed by atoms with Gasteiger partial charge in [-0.15, -0.1) is 0 Å². The molecule has 2 amide bonds. The number of rotatable bonds is 8. The van der Waals surface area contributed by atoms with Crippen molar-refractivity contribution in [3.63, 3.8) is 0 Å². The van der Waals surface area contributed by atoms with Gasteiger partial charge in [0.2, 0.25) is 5.91 Å². The number of ether oxygens (including phenoxy) is 1. The molecule has 0 aliphatic rings. The minimum Gasteiger partial charge on any atom is -0.484 e. The van der Waals surface area contributed by atoms with E-state index in [9.17, 15) is 9.59 Å². The molecule has 2 rings (SSSR count). The fraction of sp³-hybridized carbons (Fsp3) is 0.440. The Morgan fingerprint density at radius 3 is 2.27 bits per heavy atom. The summed E-state index contributed by atoms with van der Waals surface area (Å²) in [5.74, 6) is 0.269. The van der Waals surface area contributed by atoms with Gasteiger partial charge in [-0.3, -0.25) is 9.59 Å². The van der Waals surface area contributed by atoms with Crippen molar-refractivity contribution in [3.8, 4) is 5.75 Å². The van der Waals surface area contributed by atoms with Crippen molar-refractivity contribution in [2.75, 3.05) is 6.61 Å². The number of aryl methyl sites for hydroxylation is 2. The third-order valence-electron chi connectivity index (χ3n) is 4.70. The number of nitrogens with zero attached hydrogens (tertiary/aromatic N) is 1. The first kappa shape index (κ1) is 23.5. The molecule has 0 aromatic heterocycles. The van der Waals surface area contributed by atoms with E-state index >= 15 is 0 Å². The lowest BCUT2D eigenvalue weighted by molar-refractivity contribution is -0.143. The van der Waals surface area contributed by atoms with Crippen LogP contribution in [0.3, 0.4) is 0 Å². The number of benzene rings is 2. The number of amides is 2. The van der Waals surface area contributed by atoms with Crippen LogP contribution in [0.5, 0.6) is 5.75 Å². The summed E-state index contributed by atoms with van der Waals surface area (Å²) in [6.07, 6.45) is 0.518. The van der Waals surface area contributed by atoms with Crippen LogP contribution in [-0.4, -0.2) is 34.9 Å². The minimum atomic E-state index is -0.571. The minimum absolute atomic E-state index is 0.117. The normalized spacial score (nSPS) is 12.2. The molecule has 5 nitrogen and oxygen atoms in total. The molecule has 1 atom stereocenters. The molecule has 2 aromatic rings. The Labute approximate surface area is 180 Å². The van der Waals surface area contributed by atoms with Gasteiger partial charge in [-0.1, -0.05) is 54.4 Å². The van der Waals surface area contributed by atoms with Crippen LogP contribution in [0.4, 0.5) is 0 Å². The van der Waals surface area contributed by atoms with Gasteiger partial charge in [0.1, 0.15) is 11.8 Å². The molecule has 30 heavy (non-hydrogen) atoms. The van der Waals surface area contributed by atoms with Crippen LogP contribution in [0.1, 0.15) is 50.8 Å². The highest BCUT2D eigenvalue weighted by atomic mass is 16.5. The largest absolute Gasteiger partial charge is 0.484 e. The fourth-order valence-electron chi connectivity index (χ4n) is 3.24. The Morgan fingerprint density at radius 1 is 1.03 bits per heavy atom. The number of carbonyl (C=O) groups excluding carboxylic acids is 2. The summed E-state index contributed by atoms with van der Waals surface area (Å²) in [6, 6.07) is 15.0. The Kier molecular flexibility index (Phi) is 8.04. The van der Waals surface area contributed by atoms with Crippen molar-refractivity contribution in [1.29, 1.82) is 0 Å². The maximum atomic E-state index is 13.2. The van der Waals surface area contributed by atoms with Crippen molar-refractivity contribution in [2.45, 2.75) is 66.1 Å². The van der Waals surface area contributed by atoms with Gasteiger partial charge in [-0.05, 0) is 58.7 Å². The molecule has 162 valence electrons. The molecule has 0 heterocycles. The zero-order valence-corrected chi connectivity index (χ0v) is 19.0. The maximum absolute atomic E-state index is 13.2. The smallest absolute Gasteiger partial charge is 0.261 e. The van der Waals surface area contributed by atoms with E-state index in [1.165, 1.54) is 0 Å². The zero-order chi connectivity index (χ0) is 22.3. The number of carbonyl (C=O) groups is 2. The van der Waals surface area contributed by atoms with E-state index in [0.717, 1.165) is 16.7 Å². The zero-order valence-electron chi connectivity index (χ0n) is 19.0. The molecular formula is C25H34N2O3. The monoisotopic (exact) mass is 410 g/mol. The van der Waals surface area contributed by atoms with E-state index in [-0.39, 0.29) is 24.0 Å². The molecule has 0 fully saturated rings. The van der Waals surface area contributed by atoms with Gasteiger partial charge >= 0.3 is 0 Å². The highest BCUT2D eigenvalue weighted by molar-refractivity contribution is 5.88. The van der Waals surface area contributed by atoms with Gasteiger partial charge in [0.25, 0.3) is 5.91 Å². The predicted octanol–water partition coefficient (Wildman–Crippen LogP) is 4.40.